The van der Waals surface area contributed by atoms with E-state index in [1.54, 1.807) is 11.3 Å². The van der Waals surface area contributed by atoms with Gasteiger partial charge in [0.15, 0.2) is 0 Å². The number of halogens is 2. The lowest BCUT2D eigenvalue weighted by atomic mass is 10.2. The average Bonchev–Trinajstić information content (AvgIpc) is 2.98. The molecule has 0 aliphatic heterocycles. The summed E-state index contributed by atoms with van der Waals surface area (Å²) >= 11 is 11.2. The van der Waals surface area contributed by atoms with Gasteiger partial charge in [0.2, 0.25) is 0 Å². The van der Waals surface area contributed by atoms with Gasteiger partial charge in [-0.25, -0.2) is 0 Å². The number of thiophene rings is 1. The van der Waals surface area contributed by atoms with Crippen molar-refractivity contribution in [2.45, 2.75) is 32.7 Å². The molecule has 0 aliphatic carbocycles. The van der Waals surface area contributed by atoms with Gasteiger partial charge in [-0.05, 0) is 47.1 Å². The van der Waals surface area contributed by atoms with Gasteiger partial charge in [-0.2, -0.15) is 0 Å². The summed E-state index contributed by atoms with van der Waals surface area (Å²) < 4.78 is 7.60. The van der Waals surface area contributed by atoms with Crippen LogP contribution in [0.4, 0.5) is 0 Å². The highest BCUT2D eigenvalue weighted by atomic mass is 79.9. The zero-order chi connectivity index (χ0) is 13.8. The van der Waals surface area contributed by atoms with Crippen LogP contribution in [0.15, 0.2) is 27.1 Å². The lowest BCUT2D eigenvalue weighted by Gasteiger charge is -2.14. The second-order valence-corrected chi connectivity index (χ2v) is 6.86. The van der Waals surface area contributed by atoms with E-state index in [2.05, 4.69) is 41.2 Å². The number of furan rings is 1. The van der Waals surface area contributed by atoms with Crippen LogP contribution in [-0.2, 0) is 6.42 Å². The van der Waals surface area contributed by atoms with Crippen LogP contribution < -0.4 is 5.32 Å². The number of aryl methyl sites for hydroxylation is 1. The summed E-state index contributed by atoms with van der Waals surface area (Å²) in [6.07, 6.45) is 1.99. The molecule has 0 amide bonds. The SMILES string of the molecule is CCCNC(c1ccc(CC)o1)c1cc(Br)c(Cl)s1. The first kappa shape index (κ1) is 15.1. The minimum absolute atomic E-state index is 0.0778. The monoisotopic (exact) mass is 361 g/mol. The summed E-state index contributed by atoms with van der Waals surface area (Å²) in [5.41, 5.74) is 0. The molecule has 2 nitrogen and oxygen atoms in total. The molecular formula is C14H17BrClNOS. The smallest absolute Gasteiger partial charge is 0.126 e. The molecule has 104 valence electrons. The number of hydrogen-bond donors (Lipinski definition) is 1. The Morgan fingerprint density at radius 2 is 2.21 bits per heavy atom. The van der Waals surface area contributed by atoms with Crippen LogP contribution in [0, 0.1) is 0 Å². The fourth-order valence-corrected chi connectivity index (χ4v) is 3.70. The van der Waals surface area contributed by atoms with Crippen molar-refractivity contribution in [2.24, 2.45) is 0 Å². The highest BCUT2D eigenvalue weighted by molar-refractivity contribution is 9.10. The van der Waals surface area contributed by atoms with Crippen LogP contribution in [0.3, 0.4) is 0 Å². The Morgan fingerprint density at radius 3 is 2.74 bits per heavy atom. The zero-order valence-corrected chi connectivity index (χ0v) is 14.2. The summed E-state index contributed by atoms with van der Waals surface area (Å²) in [5, 5.41) is 3.52. The van der Waals surface area contributed by atoms with Gasteiger partial charge < -0.3 is 9.73 Å². The third-order valence-corrected chi connectivity index (χ3v) is 5.40. The van der Waals surface area contributed by atoms with Crippen LogP contribution in [0.25, 0.3) is 0 Å². The highest BCUT2D eigenvalue weighted by Gasteiger charge is 2.20. The van der Waals surface area contributed by atoms with Gasteiger partial charge in [0.25, 0.3) is 0 Å². The van der Waals surface area contributed by atoms with Gasteiger partial charge in [-0.15, -0.1) is 11.3 Å². The van der Waals surface area contributed by atoms with Crippen molar-refractivity contribution in [3.05, 3.63) is 43.4 Å². The Morgan fingerprint density at radius 1 is 1.42 bits per heavy atom. The van der Waals surface area contributed by atoms with Gasteiger partial charge in [0.1, 0.15) is 21.9 Å². The van der Waals surface area contributed by atoms with E-state index in [-0.39, 0.29) is 6.04 Å². The molecule has 0 radical (unpaired) electrons. The van der Waals surface area contributed by atoms with Gasteiger partial charge >= 0.3 is 0 Å². The van der Waals surface area contributed by atoms with Crippen LogP contribution >= 0.6 is 38.9 Å². The summed E-state index contributed by atoms with van der Waals surface area (Å²) in [4.78, 5) is 1.17. The van der Waals surface area contributed by atoms with Gasteiger partial charge in [-0.3, -0.25) is 0 Å². The summed E-state index contributed by atoms with van der Waals surface area (Å²) in [5.74, 6) is 1.97. The van der Waals surface area contributed by atoms with E-state index in [0.29, 0.717) is 0 Å². The molecule has 0 spiro atoms. The van der Waals surface area contributed by atoms with E-state index in [9.17, 15) is 0 Å². The Bertz CT molecular complexity index is 518. The Hall–Kier alpha value is -0.290. The number of rotatable bonds is 6. The topological polar surface area (TPSA) is 25.2 Å². The van der Waals surface area contributed by atoms with Crippen LogP contribution in [-0.4, -0.2) is 6.54 Å². The number of hydrogen-bond acceptors (Lipinski definition) is 3. The number of nitrogens with one attached hydrogen (secondary N) is 1. The van der Waals surface area contributed by atoms with E-state index < -0.39 is 0 Å². The molecular weight excluding hydrogens is 346 g/mol. The predicted octanol–water partition coefficient (Wildman–Crippen LogP) is 5.41. The first-order valence-electron chi connectivity index (χ1n) is 6.42. The fraction of sp³-hybridized carbons (Fsp3) is 0.429. The van der Waals surface area contributed by atoms with Crippen molar-refractivity contribution < 1.29 is 4.42 Å². The maximum atomic E-state index is 6.14. The van der Waals surface area contributed by atoms with Crippen molar-refractivity contribution in [3.63, 3.8) is 0 Å². The van der Waals surface area contributed by atoms with Crippen LogP contribution in [0.2, 0.25) is 4.34 Å². The predicted molar refractivity (Wildman–Crippen MR) is 85.3 cm³/mol. The molecule has 2 aromatic rings. The molecule has 19 heavy (non-hydrogen) atoms. The minimum atomic E-state index is 0.0778. The van der Waals surface area contributed by atoms with Crippen molar-refractivity contribution >= 4 is 38.9 Å². The van der Waals surface area contributed by atoms with Crippen molar-refractivity contribution in [1.29, 1.82) is 0 Å². The van der Waals surface area contributed by atoms with E-state index in [1.807, 2.05) is 12.1 Å². The molecule has 0 saturated carbocycles. The molecule has 0 bridgehead atoms. The molecule has 2 rings (SSSR count). The Kier molecular flexibility index (Phi) is 5.51. The molecule has 0 aromatic carbocycles. The summed E-state index contributed by atoms with van der Waals surface area (Å²) in [7, 11) is 0. The maximum Gasteiger partial charge on any atom is 0.126 e. The Labute approximate surface area is 131 Å². The maximum absolute atomic E-state index is 6.14. The van der Waals surface area contributed by atoms with Crippen molar-refractivity contribution in [2.75, 3.05) is 6.54 Å². The van der Waals surface area contributed by atoms with E-state index in [1.165, 1.54) is 4.88 Å². The molecule has 0 fully saturated rings. The van der Waals surface area contributed by atoms with E-state index >= 15 is 0 Å². The van der Waals surface area contributed by atoms with E-state index in [0.717, 1.165) is 39.7 Å². The van der Waals surface area contributed by atoms with E-state index in [4.69, 9.17) is 16.0 Å². The second kappa shape index (κ2) is 6.93. The van der Waals surface area contributed by atoms with Gasteiger partial charge in [0, 0.05) is 15.8 Å². The first-order chi connectivity index (χ1) is 9.15. The largest absolute Gasteiger partial charge is 0.464 e. The molecule has 1 unspecified atom stereocenters. The molecule has 0 saturated heterocycles. The van der Waals surface area contributed by atoms with Crippen LogP contribution in [0.1, 0.15) is 42.7 Å². The van der Waals surface area contributed by atoms with Gasteiger partial charge in [-0.1, -0.05) is 25.4 Å². The minimum Gasteiger partial charge on any atom is -0.464 e. The van der Waals surface area contributed by atoms with Crippen LogP contribution in [0.5, 0.6) is 0 Å². The molecule has 0 aliphatic rings. The molecule has 1 atom stereocenters. The molecule has 2 heterocycles. The lowest BCUT2D eigenvalue weighted by Crippen LogP contribution is -2.21. The van der Waals surface area contributed by atoms with Gasteiger partial charge in [0.05, 0.1) is 0 Å². The quantitative estimate of drug-likeness (QED) is 0.743. The lowest BCUT2D eigenvalue weighted by molar-refractivity contribution is 0.424. The molecule has 5 heteroatoms. The summed E-state index contributed by atoms with van der Waals surface area (Å²) in [6, 6.07) is 6.23. The van der Waals surface area contributed by atoms with Crippen molar-refractivity contribution in [3.8, 4) is 0 Å². The molecule has 2 aromatic heterocycles. The molecule has 1 N–H and O–H groups in total. The zero-order valence-electron chi connectivity index (χ0n) is 11.0. The summed E-state index contributed by atoms with van der Waals surface area (Å²) in [6.45, 7) is 5.19. The Balaban J connectivity index is 2.29. The fourth-order valence-electron chi connectivity index (χ4n) is 1.88. The third-order valence-electron chi connectivity index (χ3n) is 2.86. The second-order valence-electron chi connectivity index (χ2n) is 4.32. The van der Waals surface area contributed by atoms with Crippen molar-refractivity contribution in [1.82, 2.24) is 5.32 Å². The normalized spacial score (nSPS) is 12.8. The standard InChI is InChI=1S/C14H17BrClNOS/c1-3-7-17-13(11-6-5-9(4-2)18-11)12-8-10(15)14(16)19-12/h5-6,8,13,17H,3-4,7H2,1-2H3. The average molecular weight is 363 g/mol. The highest BCUT2D eigenvalue weighted by Crippen LogP contribution is 2.37. The first-order valence-corrected chi connectivity index (χ1v) is 8.41. The third kappa shape index (κ3) is 3.63.